The molecule has 0 bridgehead atoms. The van der Waals surface area contributed by atoms with Crippen molar-refractivity contribution in [3.8, 4) is 6.07 Å². The van der Waals surface area contributed by atoms with Crippen LogP contribution in [0.1, 0.15) is 18.9 Å². The molecule has 2 N–H and O–H groups in total. The summed E-state index contributed by atoms with van der Waals surface area (Å²) in [6.45, 7) is 3.64. The third-order valence-corrected chi connectivity index (χ3v) is 2.06. The van der Waals surface area contributed by atoms with Crippen molar-refractivity contribution in [3.05, 3.63) is 24.0 Å². The highest BCUT2D eigenvalue weighted by molar-refractivity contribution is 5.07. The van der Waals surface area contributed by atoms with Crippen LogP contribution in [0.4, 0.5) is 0 Å². The van der Waals surface area contributed by atoms with Crippen molar-refractivity contribution in [1.29, 1.82) is 5.26 Å². The fraction of sp³-hybridized carbons (Fsp3) is 0.500. The Hall–Kier alpha value is -1.27. The van der Waals surface area contributed by atoms with Crippen molar-refractivity contribution < 1.29 is 0 Å². The molecule has 0 aliphatic rings. The van der Waals surface area contributed by atoms with Crippen molar-refractivity contribution in [2.24, 2.45) is 5.92 Å². The quantitative estimate of drug-likeness (QED) is 0.718. The number of aromatic amines is 1. The summed E-state index contributed by atoms with van der Waals surface area (Å²) in [5.74, 6) is 0.138. The molecule has 0 radical (unpaired) electrons. The highest BCUT2D eigenvalue weighted by atomic mass is 14.9. The summed E-state index contributed by atoms with van der Waals surface area (Å²) < 4.78 is 0. The smallest absolute Gasteiger partial charge is 0.0669 e. The van der Waals surface area contributed by atoms with Gasteiger partial charge in [-0.1, -0.05) is 6.92 Å². The number of hydrogen-bond donors (Lipinski definition) is 2. The van der Waals surface area contributed by atoms with Crippen molar-refractivity contribution in [2.45, 2.75) is 19.9 Å². The van der Waals surface area contributed by atoms with E-state index in [4.69, 9.17) is 5.26 Å². The van der Waals surface area contributed by atoms with Crippen molar-refractivity contribution in [3.63, 3.8) is 0 Å². The molecule has 0 aliphatic heterocycles. The van der Waals surface area contributed by atoms with Gasteiger partial charge >= 0.3 is 0 Å². The van der Waals surface area contributed by atoms with Gasteiger partial charge < -0.3 is 10.3 Å². The van der Waals surface area contributed by atoms with Crippen LogP contribution in [-0.4, -0.2) is 11.5 Å². The van der Waals surface area contributed by atoms with E-state index in [-0.39, 0.29) is 5.92 Å². The number of H-pyrrole nitrogens is 1. The first-order chi connectivity index (χ1) is 6.36. The molecule has 1 aromatic heterocycles. The summed E-state index contributed by atoms with van der Waals surface area (Å²) in [5, 5.41) is 11.9. The van der Waals surface area contributed by atoms with Crippen LogP contribution in [-0.2, 0) is 6.54 Å². The Morgan fingerprint density at radius 3 is 3.08 bits per heavy atom. The summed E-state index contributed by atoms with van der Waals surface area (Å²) >= 11 is 0. The van der Waals surface area contributed by atoms with E-state index in [0.717, 1.165) is 19.5 Å². The Morgan fingerprint density at radius 2 is 2.54 bits per heavy atom. The van der Waals surface area contributed by atoms with Gasteiger partial charge in [-0.15, -0.1) is 0 Å². The number of rotatable bonds is 5. The minimum Gasteiger partial charge on any atom is -0.367 e. The second-order valence-electron chi connectivity index (χ2n) is 3.08. The predicted octanol–water partition coefficient (Wildman–Crippen LogP) is 1.65. The maximum atomic E-state index is 8.69. The Labute approximate surface area is 78.8 Å². The van der Waals surface area contributed by atoms with Gasteiger partial charge in [0.2, 0.25) is 0 Å². The van der Waals surface area contributed by atoms with Gasteiger partial charge in [0.1, 0.15) is 0 Å². The summed E-state index contributed by atoms with van der Waals surface area (Å²) in [6, 6.07) is 4.29. The zero-order chi connectivity index (χ0) is 9.52. The second-order valence-corrected chi connectivity index (χ2v) is 3.08. The molecular formula is C10H15N3. The van der Waals surface area contributed by atoms with Crippen LogP contribution in [0.3, 0.4) is 0 Å². The molecule has 0 saturated heterocycles. The van der Waals surface area contributed by atoms with E-state index in [1.165, 1.54) is 5.56 Å². The second kappa shape index (κ2) is 5.39. The number of nitrogens with one attached hydrogen (secondary N) is 2. The third kappa shape index (κ3) is 3.30. The maximum absolute atomic E-state index is 8.69. The van der Waals surface area contributed by atoms with Crippen LogP contribution in [0.5, 0.6) is 0 Å². The molecule has 0 amide bonds. The lowest BCUT2D eigenvalue weighted by molar-refractivity contribution is 0.553. The molecule has 3 nitrogen and oxygen atoms in total. The largest absolute Gasteiger partial charge is 0.367 e. The fourth-order valence-corrected chi connectivity index (χ4v) is 1.14. The molecule has 0 aromatic carbocycles. The van der Waals surface area contributed by atoms with Crippen LogP contribution in [0.2, 0.25) is 0 Å². The standard InChI is InChI=1S/C10H15N3/c1-2-9(5-11)6-13-8-10-3-4-12-7-10/h3-4,7,9,12-13H,2,6,8H2,1H3. The molecule has 0 spiro atoms. The highest BCUT2D eigenvalue weighted by Gasteiger charge is 2.02. The van der Waals surface area contributed by atoms with E-state index < -0.39 is 0 Å². The Morgan fingerprint density at radius 1 is 1.69 bits per heavy atom. The zero-order valence-corrected chi connectivity index (χ0v) is 7.88. The molecule has 70 valence electrons. The van der Waals surface area contributed by atoms with Crippen LogP contribution < -0.4 is 5.32 Å². The predicted molar refractivity (Wildman–Crippen MR) is 51.9 cm³/mol. The molecule has 1 rings (SSSR count). The van der Waals surface area contributed by atoms with E-state index in [1.54, 1.807) is 0 Å². The summed E-state index contributed by atoms with van der Waals surface area (Å²) in [6.07, 6.45) is 4.77. The van der Waals surface area contributed by atoms with Crippen LogP contribution >= 0.6 is 0 Å². The minimum atomic E-state index is 0.138. The van der Waals surface area contributed by atoms with Crippen LogP contribution in [0.15, 0.2) is 18.5 Å². The highest BCUT2D eigenvalue weighted by Crippen LogP contribution is 1.99. The summed E-state index contributed by atoms with van der Waals surface area (Å²) in [5.41, 5.74) is 1.23. The molecule has 1 atom stereocenters. The van der Waals surface area contributed by atoms with E-state index in [1.807, 2.05) is 25.4 Å². The first kappa shape index (κ1) is 9.82. The average molecular weight is 177 g/mol. The van der Waals surface area contributed by atoms with Crippen molar-refractivity contribution in [2.75, 3.05) is 6.54 Å². The first-order valence-corrected chi connectivity index (χ1v) is 4.58. The molecule has 13 heavy (non-hydrogen) atoms. The average Bonchev–Trinajstić information content (AvgIpc) is 2.65. The molecule has 0 fully saturated rings. The monoisotopic (exact) mass is 177 g/mol. The van der Waals surface area contributed by atoms with Crippen LogP contribution in [0.25, 0.3) is 0 Å². The van der Waals surface area contributed by atoms with Crippen molar-refractivity contribution >= 4 is 0 Å². The fourth-order valence-electron chi connectivity index (χ4n) is 1.14. The van der Waals surface area contributed by atoms with E-state index in [9.17, 15) is 0 Å². The van der Waals surface area contributed by atoms with E-state index >= 15 is 0 Å². The van der Waals surface area contributed by atoms with Gasteiger partial charge in [0.25, 0.3) is 0 Å². The van der Waals surface area contributed by atoms with E-state index in [2.05, 4.69) is 16.4 Å². The van der Waals surface area contributed by atoms with Gasteiger partial charge in [0.05, 0.1) is 12.0 Å². The SMILES string of the molecule is CCC(C#N)CNCc1cc[nH]c1. The van der Waals surface area contributed by atoms with Gasteiger partial charge in [-0.05, 0) is 18.1 Å². The summed E-state index contributed by atoms with van der Waals surface area (Å²) in [7, 11) is 0. The third-order valence-electron chi connectivity index (χ3n) is 2.06. The van der Waals surface area contributed by atoms with Gasteiger partial charge in [-0.3, -0.25) is 0 Å². The zero-order valence-electron chi connectivity index (χ0n) is 7.88. The Balaban J connectivity index is 2.18. The van der Waals surface area contributed by atoms with Gasteiger partial charge in [-0.2, -0.15) is 5.26 Å². The summed E-state index contributed by atoms with van der Waals surface area (Å²) in [4.78, 5) is 2.99. The number of nitriles is 1. The van der Waals surface area contributed by atoms with Gasteiger partial charge in [0, 0.05) is 25.5 Å². The van der Waals surface area contributed by atoms with E-state index in [0.29, 0.717) is 0 Å². The Bertz CT molecular complexity index is 258. The Kier molecular flexibility index (Phi) is 4.07. The normalized spacial score (nSPS) is 12.3. The molecule has 3 heteroatoms. The maximum Gasteiger partial charge on any atom is 0.0669 e. The molecule has 1 heterocycles. The molecule has 0 aliphatic carbocycles. The molecular weight excluding hydrogens is 162 g/mol. The van der Waals surface area contributed by atoms with Gasteiger partial charge in [0.15, 0.2) is 0 Å². The van der Waals surface area contributed by atoms with Crippen LogP contribution in [0, 0.1) is 17.2 Å². The lowest BCUT2D eigenvalue weighted by Crippen LogP contribution is -2.20. The molecule has 0 saturated carbocycles. The first-order valence-electron chi connectivity index (χ1n) is 4.58. The van der Waals surface area contributed by atoms with Crippen molar-refractivity contribution in [1.82, 2.24) is 10.3 Å². The number of hydrogen-bond acceptors (Lipinski definition) is 2. The topological polar surface area (TPSA) is 51.6 Å². The number of nitrogens with zero attached hydrogens (tertiary/aromatic N) is 1. The minimum absolute atomic E-state index is 0.138. The number of aromatic nitrogens is 1. The molecule has 1 unspecified atom stereocenters. The lowest BCUT2D eigenvalue weighted by atomic mass is 10.1. The molecule has 1 aromatic rings. The lowest BCUT2D eigenvalue weighted by Gasteiger charge is -2.06. The van der Waals surface area contributed by atoms with Gasteiger partial charge in [-0.25, -0.2) is 0 Å².